The van der Waals surface area contributed by atoms with Gasteiger partial charge >= 0.3 is 23.9 Å². The second-order valence-electron chi connectivity index (χ2n) is 18.1. The number of nitrogens with zero attached hydrogens (tertiary/aromatic N) is 1. The number of carbonyl (C=O) groups is 5. The Morgan fingerprint density at radius 1 is 1.02 bits per heavy atom. The zero-order valence-electron chi connectivity index (χ0n) is 32.5. The predicted molar refractivity (Wildman–Crippen MR) is 193 cm³/mol. The van der Waals surface area contributed by atoms with Crippen molar-refractivity contribution in [3.63, 3.8) is 0 Å². The number of carbonyl (C=O) groups excluding carboxylic acids is 5. The fourth-order valence-corrected chi connectivity index (χ4v) is 9.05. The summed E-state index contributed by atoms with van der Waals surface area (Å²) >= 11 is 0. The molecular formula is C41H52N2O13. The van der Waals surface area contributed by atoms with E-state index in [1.807, 2.05) is 12.1 Å². The number of aliphatic hydroxyl groups excluding tert-OH is 1. The molecule has 304 valence electrons. The van der Waals surface area contributed by atoms with Crippen LogP contribution in [0.1, 0.15) is 90.7 Å². The van der Waals surface area contributed by atoms with Crippen molar-refractivity contribution in [3.8, 4) is 0 Å². The maximum atomic E-state index is 14.7. The van der Waals surface area contributed by atoms with Crippen LogP contribution in [0.2, 0.25) is 0 Å². The molecule has 4 heterocycles. The first-order valence-corrected chi connectivity index (χ1v) is 19.8. The van der Waals surface area contributed by atoms with Gasteiger partial charge < -0.3 is 38.8 Å². The van der Waals surface area contributed by atoms with Gasteiger partial charge in [0.2, 0.25) is 12.0 Å². The molecule has 3 saturated carbocycles. The van der Waals surface area contributed by atoms with E-state index in [0.29, 0.717) is 5.56 Å². The molecule has 0 spiro atoms. The van der Waals surface area contributed by atoms with Crippen molar-refractivity contribution in [1.82, 2.24) is 10.4 Å². The smallest absolute Gasteiger partial charge is 0.348 e. The highest BCUT2D eigenvalue weighted by Crippen LogP contribution is 2.63. The van der Waals surface area contributed by atoms with E-state index in [-0.39, 0.29) is 44.2 Å². The number of ether oxygens (including phenoxy) is 6. The number of esters is 4. The van der Waals surface area contributed by atoms with Gasteiger partial charge in [0.1, 0.15) is 42.0 Å². The minimum absolute atomic E-state index is 0.0252. The quantitative estimate of drug-likeness (QED) is 0.169. The molecule has 56 heavy (non-hydrogen) atoms. The van der Waals surface area contributed by atoms with Crippen LogP contribution in [0.25, 0.3) is 6.08 Å². The molecule has 8 rings (SSSR count). The summed E-state index contributed by atoms with van der Waals surface area (Å²) in [7, 11) is 0. The summed E-state index contributed by atoms with van der Waals surface area (Å²) < 4.78 is 35.7. The Hall–Kier alpha value is -3.89. The minimum Gasteiger partial charge on any atom is -0.462 e. The summed E-state index contributed by atoms with van der Waals surface area (Å²) in [4.78, 5) is 72.6. The number of hydroxylamine groups is 2. The van der Waals surface area contributed by atoms with Gasteiger partial charge in [-0.3, -0.25) is 19.2 Å². The van der Waals surface area contributed by atoms with Crippen molar-refractivity contribution < 1.29 is 62.3 Å². The maximum Gasteiger partial charge on any atom is 0.348 e. The number of amides is 1. The van der Waals surface area contributed by atoms with Crippen LogP contribution in [-0.2, 0) is 63.8 Å². The Morgan fingerprint density at radius 2 is 1.70 bits per heavy atom. The molecule has 3 aliphatic carbocycles. The van der Waals surface area contributed by atoms with Crippen molar-refractivity contribution in [1.29, 1.82) is 0 Å². The number of nitrogens with one attached hydrogen (secondary N) is 1. The van der Waals surface area contributed by atoms with E-state index in [9.17, 15) is 29.1 Å². The molecule has 0 radical (unpaired) electrons. The van der Waals surface area contributed by atoms with E-state index in [1.54, 1.807) is 52.8 Å². The van der Waals surface area contributed by atoms with Crippen LogP contribution in [0.5, 0.6) is 0 Å². The van der Waals surface area contributed by atoms with Gasteiger partial charge in [-0.05, 0) is 70.1 Å². The molecule has 0 aromatic heterocycles. The largest absolute Gasteiger partial charge is 0.462 e. The summed E-state index contributed by atoms with van der Waals surface area (Å²) in [6.45, 7) is 8.74. The Bertz CT molecular complexity index is 1770. The number of aliphatic hydroxyl groups is 1. The van der Waals surface area contributed by atoms with Crippen molar-refractivity contribution in [2.75, 3.05) is 13.2 Å². The van der Waals surface area contributed by atoms with Crippen molar-refractivity contribution in [3.05, 3.63) is 41.5 Å². The zero-order chi connectivity index (χ0) is 39.8. The summed E-state index contributed by atoms with van der Waals surface area (Å²) in [5.41, 5.74) is -1.32. The monoisotopic (exact) mass is 780 g/mol. The van der Waals surface area contributed by atoms with Gasteiger partial charge in [0.25, 0.3) is 0 Å². The van der Waals surface area contributed by atoms with Crippen LogP contribution in [0.4, 0.5) is 0 Å². The summed E-state index contributed by atoms with van der Waals surface area (Å²) in [6, 6.07) is 5.27. The molecule has 4 saturated heterocycles. The molecule has 15 nitrogen and oxygen atoms in total. The molecule has 7 fully saturated rings. The third-order valence-corrected chi connectivity index (χ3v) is 12.1. The van der Waals surface area contributed by atoms with E-state index in [0.717, 1.165) is 31.2 Å². The van der Waals surface area contributed by atoms with E-state index < -0.39 is 101 Å². The van der Waals surface area contributed by atoms with E-state index in [1.165, 1.54) is 11.1 Å². The topological polar surface area (TPSA) is 185 Å². The maximum absolute atomic E-state index is 14.7. The van der Waals surface area contributed by atoms with Crippen LogP contribution in [0, 0.1) is 22.7 Å². The fourth-order valence-electron chi connectivity index (χ4n) is 9.05. The van der Waals surface area contributed by atoms with E-state index in [4.69, 9.17) is 33.3 Å². The highest BCUT2D eigenvalue weighted by atomic mass is 16.8. The van der Waals surface area contributed by atoms with E-state index in [2.05, 4.69) is 5.32 Å². The number of benzene rings is 1. The molecule has 1 amide bonds. The lowest BCUT2D eigenvalue weighted by Crippen LogP contribution is -2.70. The number of cyclic esters (lactones) is 1. The second kappa shape index (κ2) is 14.2. The van der Waals surface area contributed by atoms with Gasteiger partial charge in [-0.1, -0.05) is 38.1 Å². The lowest BCUT2D eigenvalue weighted by Gasteiger charge is -2.49. The van der Waals surface area contributed by atoms with Crippen molar-refractivity contribution >= 4 is 35.9 Å². The number of rotatable bonds is 13. The van der Waals surface area contributed by atoms with Crippen LogP contribution in [0.15, 0.2) is 30.3 Å². The summed E-state index contributed by atoms with van der Waals surface area (Å²) in [5.74, 6) is -3.15. The van der Waals surface area contributed by atoms with Crippen LogP contribution in [0.3, 0.4) is 0 Å². The lowest BCUT2D eigenvalue weighted by atomic mass is 9.62. The predicted octanol–water partition coefficient (Wildman–Crippen LogP) is 2.89. The summed E-state index contributed by atoms with van der Waals surface area (Å²) in [5, 5.41) is 14.8. The van der Waals surface area contributed by atoms with Crippen molar-refractivity contribution in [2.24, 2.45) is 22.7 Å². The molecule has 15 heteroatoms. The third kappa shape index (κ3) is 7.14. The third-order valence-electron chi connectivity index (χ3n) is 12.1. The first-order chi connectivity index (χ1) is 26.5. The normalized spacial score (nSPS) is 33.4. The van der Waals surface area contributed by atoms with Crippen LogP contribution in [-0.4, -0.2) is 107 Å². The molecular weight excluding hydrogens is 728 g/mol. The Labute approximate surface area is 325 Å². The average Bonchev–Trinajstić information content (AvgIpc) is 4.08. The molecule has 4 aliphatic heterocycles. The number of hydrogen-bond acceptors (Lipinski definition) is 14. The first kappa shape index (κ1) is 39.0. The van der Waals surface area contributed by atoms with Gasteiger partial charge in [-0.2, -0.15) is 5.06 Å². The Morgan fingerprint density at radius 3 is 2.30 bits per heavy atom. The molecule has 0 unspecified atom stereocenters. The molecule has 7 aliphatic rings. The molecule has 2 N–H and O–H groups in total. The molecule has 1 aromatic carbocycles. The van der Waals surface area contributed by atoms with Gasteiger partial charge in [0, 0.05) is 36.2 Å². The average molecular weight is 781 g/mol. The van der Waals surface area contributed by atoms with Crippen molar-refractivity contribution in [2.45, 2.75) is 140 Å². The highest BCUT2D eigenvalue weighted by molar-refractivity contribution is 5.94. The first-order valence-electron chi connectivity index (χ1n) is 19.8. The minimum atomic E-state index is -1.45. The van der Waals surface area contributed by atoms with E-state index >= 15 is 0 Å². The highest BCUT2D eigenvalue weighted by Gasteiger charge is 2.78. The molecule has 8 atom stereocenters. The van der Waals surface area contributed by atoms with Gasteiger partial charge in [0.15, 0.2) is 11.8 Å². The fraction of sp³-hybridized carbons (Fsp3) is 0.683. The van der Waals surface area contributed by atoms with Gasteiger partial charge in [-0.15, -0.1) is 0 Å². The lowest BCUT2D eigenvalue weighted by molar-refractivity contribution is -0.235. The van der Waals surface area contributed by atoms with Crippen LogP contribution < -0.4 is 5.32 Å². The standard InChI is InChI=1S/C41H52N2O13/c1-38(2,3)53-29(46)17-15-26(20-44)42-37(49)40-18-27-30-31(55-41(54-30,24-11-12-24)25-13-14-25)33(40)56-43(32(40)35(47)51-27)19-23-8-6-22(7-9-23)10-16-28(45)52-34-36(48)50-21-39(34,4)5/h6-10,16,24-27,30-34,44H,11-15,17-21H2,1-5H3,(H,42,49)/t26-,27+,30-,31-,32-,33+,34-,40-/m0/s1. The SMILES string of the molecule is CC(C)(C)OC(=O)CC[C@@H](CO)NC(=O)[C@@]12C[C@H]3OC(=O)[C@@H]1N(Cc1ccc(C=CC(=O)O[C@H]4C(=O)OCC4(C)C)cc1)O[C@@H]2[C@H]1OC(C2CC2)(C2CC2)O[C@H]13. The second-order valence-corrected chi connectivity index (χ2v) is 18.1. The molecule has 2 bridgehead atoms. The number of fused-ring (bicyclic) bond motifs is 4. The Balaban J connectivity index is 1.02. The zero-order valence-corrected chi connectivity index (χ0v) is 32.5. The molecule has 1 aromatic rings. The van der Waals surface area contributed by atoms with Crippen LogP contribution >= 0.6 is 0 Å². The van der Waals surface area contributed by atoms with Gasteiger partial charge in [0.05, 0.1) is 19.2 Å². The van der Waals surface area contributed by atoms with Gasteiger partial charge in [-0.25, -0.2) is 9.59 Å². The number of hydrogen-bond donors (Lipinski definition) is 2. The Kier molecular flexibility index (Phi) is 9.87. The summed E-state index contributed by atoms with van der Waals surface area (Å²) in [6.07, 6.45) is 3.01.